The first-order valence-electron chi connectivity index (χ1n) is 8.91. The van der Waals surface area contributed by atoms with E-state index in [-0.39, 0.29) is 23.3 Å². The van der Waals surface area contributed by atoms with Gasteiger partial charge in [-0.1, -0.05) is 30.3 Å². The average Bonchev–Trinajstić information content (AvgIpc) is 3.06. The Morgan fingerprint density at radius 3 is 2.54 bits per heavy atom. The lowest BCUT2D eigenvalue weighted by Gasteiger charge is -2.17. The molecule has 0 N–H and O–H groups in total. The van der Waals surface area contributed by atoms with Gasteiger partial charge < -0.3 is 4.57 Å². The maximum absolute atomic E-state index is 12.8. The molecule has 2 aromatic rings. The molecule has 3 rings (SSSR count). The number of aromatic nitrogens is 1. The standard InChI is InChI=1S/C20H26N2O3S/c1-15-11-19(16(2)22(15)18-9-10-26(24,25)14-18)20(23)13-21(3)12-17-7-5-4-6-8-17/h4-8,11,18H,9-10,12-14H2,1-3H3/t18-/m0/s1. The number of benzene rings is 1. The fraction of sp³-hybridized carbons (Fsp3) is 0.450. The molecule has 0 unspecified atom stereocenters. The number of carbonyl (C=O) groups excluding carboxylic acids is 1. The number of ketones is 1. The molecule has 0 spiro atoms. The molecule has 1 aromatic carbocycles. The van der Waals surface area contributed by atoms with Crippen LogP contribution in [0.4, 0.5) is 0 Å². The summed E-state index contributed by atoms with van der Waals surface area (Å²) in [6.07, 6.45) is 0.625. The molecule has 0 radical (unpaired) electrons. The number of hydrogen-bond donors (Lipinski definition) is 0. The first-order chi connectivity index (χ1) is 12.3. The summed E-state index contributed by atoms with van der Waals surface area (Å²) in [5.74, 6) is 0.478. The van der Waals surface area contributed by atoms with Crippen LogP contribution in [0.15, 0.2) is 36.4 Å². The first-order valence-corrected chi connectivity index (χ1v) is 10.7. The van der Waals surface area contributed by atoms with Crippen LogP contribution in [0.25, 0.3) is 0 Å². The van der Waals surface area contributed by atoms with E-state index in [1.807, 2.05) is 66.8 Å². The van der Waals surface area contributed by atoms with Gasteiger partial charge in [0.25, 0.3) is 0 Å². The van der Waals surface area contributed by atoms with E-state index < -0.39 is 9.84 Å². The molecular formula is C20H26N2O3S. The van der Waals surface area contributed by atoms with E-state index in [1.165, 1.54) is 5.56 Å². The summed E-state index contributed by atoms with van der Waals surface area (Å²) in [7, 11) is -1.02. The molecule has 26 heavy (non-hydrogen) atoms. The second-order valence-electron chi connectivity index (χ2n) is 7.29. The van der Waals surface area contributed by atoms with Crippen molar-refractivity contribution in [2.75, 3.05) is 25.1 Å². The summed E-state index contributed by atoms with van der Waals surface area (Å²) in [6, 6.07) is 11.9. The van der Waals surface area contributed by atoms with Crippen LogP contribution in [-0.2, 0) is 16.4 Å². The van der Waals surface area contributed by atoms with E-state index >= 15 is 0 Å². The van der Waals surface area contributed by atoms with Crippen LogP contribution in [0.3, 0.4) is 0 Å². The number of Topliss-reactive ketones (excluding diaryl/α,β-unsaturated/α-hetero) is 1. The normalized spacial score (nSPS) is 19.2. The molecule has 0 saturated carbocycles. The summed E-state index contributed by atoms with van der Waals surface area (Å²) >= 11 is 0. The second kappa shape index (κ2) is 7.37. The summed E-state index contributed by atoms with van der Waals surface area (Å²) in [4.78, 5) is 14.8. The lowest BCUT2D eigenvalue weighted by Crippen LogP contribution is -2.26. The maximum atomic E-state index is 12.8. The van der Waals surface area contributed by atoms with Crippen LogP contribution in [0, 0.1) is 13.8 Å². The van der Waals surface area contributed by atoms with Gasteiger partial charge in [0, 0.05) is 29.5 Å². The number of likely N-dealkylation sites (N-methyl/N-ethyl adjacent to an activating group) is 1. The number of aryl methyl sites for hydroxylation is 1. The molecule has 0 bridgehead atoms. The highest BCUT2D eigenvalue weighted by Crippen LogP contribution is 2.29. The highest BCUT2D eigenvalue weighted by atomic mass is 32.2. The maximum Gasteiger partial charge on any atom is 0.178 e. The van der Waals surface area contributed by atoms with E-state index in [0.717, 1.165) is 11.4 Å². The predicted molar refractivity (Wildman–Crippen MR) is 103 cm³/mol. The van der Waals surface area contributed by atoms with E-state index in [9.17, 15) is 13.2 Å². The molecule has 6 heteroatoms. The van der Waals surface area contributed by atoms with Crippen LogP contribution >= 0.6 is 0 Å². The Hall–Kier alpha value is -1.92. The zero-order valence-electron chi connectivity index (χ0n) is 15.6. The highest BCUT2D eigenvalue weighted by Gasteiger charge is 2.31. The second-order valence-corrected chi connectivity index (χ2v) is 9.52. The van der Waals surface area contributed by atoms with Gasteiger partial charge in [0.05, 0.1) is 18.1 Å². The van der Waals surface area contributed by atoms with Gasteiger partial charge in [-0.15, -0.1) is 0 Å². The topological polar surface area (TPSA) is 59.4 Å². The molecule has 0 aliphatic carbocycles. The van der Waals surface area contributed by atoms with Gasteiger partial charge in [-0.2, -0.15) is 0 Å². The lowest BCUT2D eigenvalue weighted by atomic mass is 10.1. The van der Waals surface area contributed by atoms with Gasteiger partial charge in [-0.05, 0) is 38.9 Å². The minimum Gasteiger partial charge on any atom is -0.344 e. The zero-order valence-corrected chi connectivity index (χ0v) is 16.4. The number of rotatable bonds is 6. The first kappa shape index (κ1) is 18.9. The molecule has 1 saturated heterocycles. The van der Waals surface area contributed by atoms with Crippen molar-refractivity contribution in [1.82, 2.24) is 9.47 Å². The summed E-state index contributed by atoms with van der Waals surface area (Å²) in [6.45, 7) is 4.92. The molecule has 5 nitrogen and oxygen atoms in total. The number of hydrogen-bond acceptors (Lipinski definition) is 4. The van der Waals surface area contributed by atoms with Crippen LogP contribution in [-0.4, -0.2) is 48.8 Å². The quantitative estimate of drug-likeness (QED) is 0.730. The number of carbonyl (C=O) groups is 1. The van der Waals surface area contributed by atoms with Crippen molar-refractivity contribution < 1.29 is 13.2 Å². The van der Waals surface area contributed by atoms with Crippen LogP contribution < -0.4 is 0 Å². The fourth-order valence-electron chi connectivity index (χ4n) is 3.88. The van der Waals surface area contributed by atoms with Crippen molar-refractivity contribution in [3.05, 3.63) is 58.9 Å². The Balaban J connectivity index is 1.73. The molecule has 1 atom stereocenters. The summed E-state index contributed by atoms with van der Waals surface area (Å²) < 4.78 is 25.7. The third-order valence-corrected chi connectivity index (χ3v) is 6.82. The van der Waals surface area contributed by atoms with Crippen molar-refractivity contribution in [2.24, 2.45) is 0 Å². The molecule has 0 amide bonds. The molecule has 2 heterocycles. The fourth-order valence-corrected chi connectivity index (χ4v) is 5.58. The van der Waals surface area contributed by atoms with E-state index in [1.54, 1.807) is 0 Å². The largest absolute Gasteiger partial charge is 0.344 e. The number of sulfone groups is 1. The van der Waals surface area contributed by atoms with E-state index in [2.05, 4.69) is 0 Å². The van der Waals surface area contributed by atoms with Gasteiger partial charge >= 0.3 is 0 Å². The molecule has 1 aromatic heterocycles. The zero-order chi connectivity index (χ0) is 18.9. The lowest BCUT2D eigenvalue weighted by molar-refractivity contribution is 0.0942. The Labute approximate surface area is 155 Å². The SMILES string of the molecule is Cc1cc(C(=O)CN(C)Cc2ccccc2)c(C)n1[C@H]1CCS(=O)(=O)C1. The minimum atomic E-state index is -2.96. The van der Waals surface area contributed by atoms with Gasteiger partial charge in [0.15, 0.2) is 15.6 Å². The molecule has 140 valence electrons. The van der Waals surface area contributed by atoms with E-state index in [0.29, 0.717) is 25.1 Å². The smallest absolute Gasteiger partial charge is 0.178 e. The summed E-state index contributed by atoms with van der Waals surface area (Å²) in [5, 5.41) is 0. The third-order valence-electron chi connectivity index (χ3n) is 5.07. The predicted octanol–water partition coefficient (Wildman–Crippen LogP) is 2.78. The third kappa shape index (κ3) is 4.07. The van der Waals surface area contributed by atoms with Crippen molar-refractivity contribution in [1.29, 1.82) is 0 Å². The van der Waals surface area contributed by atoms with Crippen LogP contribution in [0.5, 0.6) is 0 Å². The van der Waals surface area contributed by atoms with Crippen molar-refractivity contribution >= 4 is 15.6 Å². The van der Waals surface area contributed by atoms with Gasteiger partial charge in [-0.3, -0.25) is 9.69 Å². The van der Waals surface area contributed by atoms with Gasteiger partial charge in [0.2, 0.25) is 0 Å². The molecule has 1 fully saturated rings. The Morgan fingerprint density at radius 2 is 1.92 bits per heavy atom. The minimum absolute atomic E-state index is 0.0522. The Morgan fingerprint density at radius 1 is 1.23 bits per heavy atom. The molecule has 1 aliphatic heterocycles. The van der Waals surface area contributed by atoms with Crippen LogP contribution in [0.1, 0.15) is 39.8 Å². The van der Waals surface area contributed by atoms with Gasteiger partial charge in [-0.25, -0.2) is 8.42 Å². The number of nitrogens with zero attached hydrogens (tertiary/aromatic N) is 2. The Bertz CT molecular complexity index is 901. The summed E-state index contributed by atoms with van der Waals surface area (Å²) in [5.41, 5.74) is 3.71. The van der Waals surface area contributed by atoms with E-state index in [4.69, 9.17) is 0 Å². The van der Waals surface area contributed by atoms with Crippen LogP contribution in [0.2, 0.25) is 0 Å². The highest BCUT2D eigenvalue weighted by molar-refractivity contribution is 7.91. The van der Waals surface area contributed by atoms with Crippen molar-refractivity contribution in [2.45, 2.75) is 32.9 Å². The average molecular weight is 375 g/mol. The monoisotopic (exact) mass is 374 g/mol. The molecule has 1 aliphatic rings. The Kier molecular flexibility index (Phi) is 5.34. The van der Waals surface area contributed by atoms with Crippen molar-refractivity contribution in [3.63, 3.8) is 0 Å². The molecular weight excluding hydrogens is 348 g/mol. The van der Waals surface area contributed by atoms with Gasteiger partial charge in [0.1, 0.15) is 0 Å². The van der Waals surface area contributed by atoms with Crippen molar-refractivity contribution in [3.8, 4) is 0 Å².